The molecule has 1 fully saturated rings. The van der Waals surface area contributed by atoms with Gasteiger partial charge in [-0.1, -0.05) is 12.1 Å². The van der Waals surface area contributed by atoms with Crippen LogP contribution in [-0.2, 0) is 4.74 Å². The zero-order chi connectivity index (χ0) is 14.3. The number of primary amides is 1. The number of nitrogens with two attached hydrogens (primary N) is 1. The summed E-state index contributed by atoms with van der Waals surface area (Å²) in [6.45, 7) is 0.268. The van der Waals surface area contributed by atoms with Crippen LogP contribution in [0.15, 0.2) is 24.3 Å². The summed E-state index contributed by atoms with van der Waals surface area (Å²) in [5.74, 6) is -0.588. The molecule has 1 aromatic carbocycles. The second kappa shape index (κ2) is 4.63. The zero-order valence-corrected chi connectivity index (χ0v) is 10.7. The number of nitrogens with zero attached hydrogens (tertiary/aromatic N) is 1. The van der Waals surface area contributed by atoms with E-state index in [1.54, 1.807) is 24.3 Å². The summed E-state index contributed by atoms with van der Waals surface area (Å²) in [5, 5.41) is 0. The minimum absolute atomic E-state index is 0.0234. The summed E-state index contributed by atoms with van der Waals surface area (Å²) in [5.41, 5.74) is 5.86. The summed E-state index contributed by atoms with van der Waals surface area (Å²) in [7, 11) is 0. The number of carbonyl (C=O) groups excluding carboxylic acids is 3. The van der Waals surface area contributed by atoms with E-state index in [0.29, 0.717) is 11.1 Å². The van der Waals surface area contributed by atoms with E-state index < -0.39 is 6.09 Å². The highest BCUT2D eigenvalue weighted by atomic mass is 16.6. The number of benzene rings is 1. The predicted molar refractivity (Wildman–Crippen MR) is 69.0 cm³/mol. The average Bonchev–Trinajstić information content (AvgIpc) is 2.65. The van der Waals surface area contributed by atoms with Crippen LogP contribution >= 0.6 is 0 Å². The van der Waals surface area contributed by atoms with Crippen LogP contribution in [0.1, 0.15) is 33.6 Å². The summed E-state index contributed by atoms with van der Waals surface area (Å²) in [4.78, 5) is 36.3. The maximum absolute atomic E-state index is 12.2. The molecule has 0 radical (unpaired) electrons. The van der Waals surface area contributed by atoms with E-state index >= 15 is 0 Å². The number of fused-ring (bicyclic) bond motifs is 1. The third-order valence-corrected chi connectivity index (χ3v) is 3.91. The molecule has 0 saturated heterocycles. The first kappa shape index (κ1) is 12.7. The highest BCUT2D eigenvalue weighted by Gasteiger charge is 2.41. The lowest BCUT2D eigenvalue weighted by atomic mass is 9.81. The molecule has 2 atom stereocenters. The second-order valence-electron chi connectivity index (χ2n) is 5.08. The molecule has 1 aliphatic heterocycles. The quantitative estimate of drug-likeness (QED) is 0.837. The van der Waals surface area contributed by atoms with Crippen LogP contribution < -0.4 is 5.73 Å². The van der Waals surface area contributed by atoms with E-state index in [4.69, 9.17) is 10.5 Å². The summed E-state index contributed by atoms with van der Waals surface area (Å²) in [6, 6.07) is 6.76. The van der Waals surface area contributed by atoms with Crippen LogP contribution in [-0.4, -0.2) is 35.5 Å². The van der Waals surface area contributed by atoms with E-state index in [1.807, 2.05) is 0 Å². The smallest absolute Gasteiger partial charge is 0.404 e. The monoisotopic (exact) mass is 274 g/mol. The largest absolute Gasteiger partial charge is 0.446 e. The second-order valence-corrected chi connectivity index (χ2v) is 5.08. The normalized spacial score (nSPS) is 24.3. The van der Waals surface area contributed by atoms with Crippen LogP contribution in [0.5, 0.6) is 0 Å². The average molecular weight is 274 g/mol. The minimum atomic E-state index is -0.818. The summed E-state index contributed by atoms with van der Waals surface area (Å²) in [6.07, 6.45) is 0.418. The Hall–Kier alpha value is -2.37. The van der Waals surface area contributed by atoms with Gasteiger partial charge in [0.1, 0.15) is 6.10 Å². The van der Waals surface area contributed by atoms with Crippen molar-refractivity contribution >= 4 is 17.9 Å². The number of hydrogen-bond acceptors (Lipinski definition) is 4. The van der Waals surface area contributed by atoms with E-state index in [1.165, 1.54) is 4.90 Å². The number of amides is 3. The first-order valence-electron chi connectivity index (χ1n) is 6.49. The Bertz CT molecular complexity index is 564. The van der Waals surface area contributed by atoms with E-state index in [2.05, 4.69) is 0 Å². The predicted octanol–water partition coefficient (Wildman–Crippen LogP) is 1.16. The molecule has 6 heteroatoms. The molecular weight excluding hydrogens is 260 g/mol. The number of rotatable bonds is 3. The molecule has 1 aliphatic carbocycles. The van der Waals surface area contributed by atoms with Crippen molar-refractivity contribution in [3.05, 3.63) is 35.4 Å². The first-order chi connectivity index (χ1) is 9.58. The maximum Gasteiger partial charge on any atom is 0.404 e. The van der Waals surface area contributed by atoms with Crippen LogP contribution in [0.25, 0.3) is 0 Å². The molecule has 0 spiro atoms. The fourth-order valence-electron chi connectivity index (χ4n) is 2.69. The number of carbonyl (C=O) groups is 3. The van der Waals surface area contributed by atoms with Gasteiger partial charge in [0.2, 0.25) is 0 Å². The van der Waals surface area contributed by atoms with Crippen molar-refractivity contribution in [2.24, 2.45) is 11.7 Å². The summed E-state index contributed by atoms with van der Waals surface area (Å²) >= 11 is 0. The van der Waals surface area contributed by atoms with Gasteiger partial charge in [-0.05, 0) is 25.0 Å². The van der Waals surface area contributed by atoms with Crippen LogP contribution in [0.4, 0.5) is 4.79 Å². The number of imide groups is 1. The van der Waals surface area contributed by atoms with Gasteiger partial charge in [0.25, 0.3) is 11.8 Å². The molecule has 1 aromatic rings. The Kier molecular flexibility index (Phi) is 2.93. The Morgan fingerprint density at radius 2 is 1.80 bits per heavy atom. The molecule has 2 aliphatic rings. The lowest BCUT2D eigenvalue weighted by Gasteiger charge is -2.37. The van der Waals surface area contributed by atoms with Crippen molar-refractivity contribution in [1.82, 2.24) is 4.90 Å². The van der Waals surface area contributed by atoms with Gasteiger partial charge >= 0.3 is 6.09 Å². The van der Waals surface area contributed by atoms with Crippen molar-refractivity contribution in [2.45, 2.75) is 18.9 Å². The lowest BCUT2D eigenvalue weighted by molar-refractivity contribution is -0.00466. The Labute approximate surface area is 115 Å². The van der Waals surface area contributed by atoms with Gasteiger partial charge in [-0.2, -0.15) is 0 Å². The van der Waals surface area contributed by atoms with E-state index in [-0.39, 0.29) is 30.4 Å². The highest BCUT2D eigenvalue weighted by Crippen LogP contribution is 2.33. The topological polar surface area (TPSA) is 89.7 Å². The van der Waals surface area contributed by atoms with Gasteiger partial charge < -0.3 is 10.5 Å². The van der Waals surface area contributed by atoms with Crippen LogP contribution in [0.2, 0.25) is 0 Å². The molecule has 0 bridgehead atoms. The molecule has 0 aromatic heterocycles. The summed E-state index contributed by atoms with van der Waals surface area (Å²) < 4.78 is 4.95. The fraction of sp³-hybridized carbons (Fsp3) is 0.357. The maximum atomic E-state index is 12.2. The molecule has 104 valence electrons. The molecule has 1 heterocycles. The van der Waals surface area contributed by atoms with Gasteiger partial charge in [0.15, 0.2) is 0 Å². The third kappa shape index (κ3) is 1.93. The van der Waals surface area contributed by atoms with Crippen molar-refractivity contribution in [3.8, 4) is 0 Å². The van der Waals surface area contributed by atoms with Crippen molar-refractivity contribution in [1.29, 1.82) is 0 Å². The van der Waals surface area contributed by atoms with Crippen molar-refractivity contribution in [2.75, 3.05) is 6.54 Å². The van der Waals surface area contributed by atoms with Gasteiger partial charge in [-0.3, -0.25) is 14.5 Å². The molecule has 2 unspecified atom stereocenters. The number of ether oxygens (including phenoxy) is 1. The lowest BCUT2D eigenvalue weighted by Crippen LogP contribution is -2.46. The highest BCUT2D eigenvalue weighted by molar-refractivity contribution is 6.21. The molecule has 6 nitrogen and oxygen atoms in total. The van der Waals surface area contributed by atoms with Gasteiger partial charge in [-0.25, -0.2) is 4.79 Å². The van der Waals surface area contributed by atoms with Crippen LogP contribution in [0, 0.1) is 5.92 Å². The standard InChI is InChI=1S/C14H14N2O4/c15-14(19)20-11-6-5-8(11)7-16-12(17)9-3-1-2-4-10(9)13(16)18/h1-4,8,11H,5-7H2,(H2,15,19). The van der Waals surface area contributed by atoms with E-state index in [9.17, 15) is 14.4 Å². The SMILES string of the molecule is NC(=O)OC1CCC1CN1C(=O)c2ccccc2C1=O. The number of hydrogen-bond donors (Lipinski definition) is 1. The Morgan fingerprint density at radius 3 is 2.25 bits per heavy atom. The molecule has 1 saturated carbocycles. The van der Waals surface area contributed by atoms with Gasteiger partial charge in [0, 0.05) is 12.5 Å². The minimum Gasteiger partial charge on any atom is -0.446 e. The van der Waals surface area contributed by atoms with Gasteiger partial charge in [-0.15, -0.1) is 0 Å². The zero-order valence-electron chi connectivity index (χ0n) is 10.7. The molecular formula is C14H14N2O4. The van der Waals surface area contributed by atoms with Crippen LogP contribution in [0.3, 0.4) is 0 Å². The molecule has 2 N–H and O–H groups in total. The Morgan fingerprint density at radius 1 is 1.20 bits per heavy atom. The fourth-order valence-corrected chi connectivity index (χ4v) is 2.69. The first-order valence-corrected chi connectivity index (χ1v) is 6.49. The molecule has 3 amide bonds. The molecule has 20 heavy (non-hydrogen) atoms. The third-order valence-electron chi connectivity index (χ3n) is 3.91. The van der Waals surface area contributed by atoms with Crippen molar-refractivity contribution < 1.29 is 19.1 Å². The van der Waals surface area contributed by atoms with Gasteiger partial charge in [0.05, 0.1) is 11.1 Å². The van der Waals surface area contributed by atoms with E-state index in [0.717, 1.165) is 12.8 Å². The molecule has 3 rings (SSSR count). The Balaban J connectivity index is 1.72. The van der Waals surface area contributed by atoms with Crippen molar-refractivity contribution in [3.63, 3.8) is 0 Å².